The molecule has 1 aliphatic carbocycles. The predicted octanol–water partition coefficient (Wildman–Crippen LogP) is 2.89. The highest BCUT2D eigenvalue weighted by Crippen LogP contribution is 2.37. The molecule has 2 nitrogen and oxygen atoms in total. The van der Waals surface area contributed by atoms with E-state index in [4.69, 9.17) is 0 Å². The summed E-state index contributed by atoms with van der Waals surface area (Å²) in [5.74, 6) is 0.860. The number of hydrogen-bond acceptors (Lipinski definition) is 2. The number of nitrogens with zero attached hydrogens (tertiary/aromatic N) is 1. The van der Waals surface area contributed by atoms with Crippen LogP contribution < -0.4 is 5.32 Å². The van der Waals surface area contributed by atoms with Crippen molar-refractivity contribution in [2.45, 2.75) is 58.4 Å². The van der Waals surface area contributed by atoms with Gasteiger partial charge >= 0.3 is 0 Å². The molecule has 2 rings (SSSR count). The van der Waals surface area contributed by atoms with Crippen LogP contribution in [0.25, 0.3) is 0 Å². The van der Waals surface area contributed by atoms with Crippen molar-refractivity contribution in [2.24, 2.45) is 11.3 Å². The zero-order valence-electron chi connectivity index (χ0n) is 12.0. The second kappa shape index (κ2) is 5.71. The zero-order chi connectivity index (χ0) is 12.3. The Hall–Kier alpha value is -0.0800. The van der Waals surface area contributed by atoms with Crippen LogP contribution in [0.1, 0.15) is 52.4 Å². The zero-order valence-corrected chi connectivity index (χ0v) is 12.0. The van der Waals surface area contributed by atoms with E-state index in [0.29, 0.717) is 11.5 Å². The Bertz CT molecular complexity index is 233. The smallest absolute Gasteiger partial charge is 0.00794 e. The Kier molecular flexibility index (Phi) is 4.48. The average Bonchev–Trinajstić information content (AvgIpc) is 2.74. The molecule has 2 fully saturated rings. The molecule has 0 aromatic carbocycles. The van der Waals surface area contributed by atoms with Gasteiger partial charge in [-0.1, -0.05) is 19.8 Å². The minimum Gasteiger partial charge on any atom is -0.313 e. The van der Waals surface area contributed by atoms with Crippen LogP contribution in [0.3, 0.4) is 0 Å². The van der Waals surface area contributed by atoms with E-state index in [2.05, 4.69) is 31.1 Å². The molecule has 2 heteroatoms. The summed E-state index contributed by atoms with van der Waals surface area (Å²) in [6.45, 7) is 8.66. The van der Waals surface area contributed by atoms with E-state index in [1.54, 1.807) is 0 Å². The molecule has 1 saturated heterocycles. The molecule has 0 radical (unpaired) electrons. The maximum Gasteiger partial charge on any atom is 0.00794 e. The molecule has 2 unspecified atom stereocenters. The second-order valence-corrected chi connectivity index (χ2v) is 6.85. The number of nitrogens with one attached hydrogen (secondary N) is 1. The fourth-order valence-electron chi connectivity index (χ4n) is 3.59. The molecule has 0 amide bonds. The number of rotatable bonds is 4. The van der Waals surface area contributed by atoms with E-state index >= 15 is 0 Å². The summed E-state index contributed by atoms with van der Waals surface area (Å²) in [6, 6.07) is 0.690. The van der Waals surface area contributed by atoms with E-state index in [1.165, 1.54) is 58.2 Å². The quantitative estimate of drug-likeness (QED) is 0.810. The topological polar surface area (TPSA) is 15.3 Å². The van der Waals surface area contributed by atoms with Crippen LogP contribution in [0, 0.1) is 11.3 Å². The summed E-state index contributed by atoms with van der Waals surface area (Å²) >= 11 is 0. The van der Waals surface area contributed by atoms with Crippen LogP contribution in [-0.2, 0) is 0 Å². The van der Waals surface area contributed by atoms with Gasteiger partial charge in [0, 0.05) is 19.1 Å². The first-order valence-electron chi connectivity index (χ1n) is 7.51. The van der Waals surface area contributed by atoms with Gasteiger partial charge in [0.2, 0.25) is 0 Å². The summed E-state index contributed by atoms with van der Waals surface area (Å²) in [7, 11) is 2.26. The van der Waals surface area contributed by atoms with Gasteiger partial charge in [-0.25, -0.2) is 0 Å². The van der Waals surface area contributed by atoms with Crippen molar-refractivity contribution in [1.82, 2.24) is 10.2 Å². The Labute approximate surface area is 107 Å². The molecule has 0 spiro atoms. The maximum absolute atomic E-state index is 3.83. The van der Waals surface area contributed by atoms with Crippen molar-refractivity contribution in [2.75, 3.05) is 26.7 Å². The first kappa shape index (κ1) is 13.4. The molecular formula is C15H30N2. The lowest BCUT2D eigenvalue weighted by Crippen LogP contribution is -2.45. The van der Waals surface area contributed by atoms with E-state index in [0.717, 1.165) is 5.92 Å². The van der Waals surface area contributed by atoms with Crippen LogP contribution in [-0.4, -0.2) is 37.6 Å². The third-order valence-electron chi connectivity index (χ3n) is 5.03. The van der Waals surface area contributed by atoms with Gasteiger partial charge in [-0.05, 0) is 57.5 Å². The van der Waals surface area contributed by atoms with Gasteiger partial charge in [-0.3, -0.25) is 0 Å². The predicted molar refractivity (Wildman–Crippen MR) is 74.3 cm³/mol. The molecule has 1 saturated carbocycles. The van der Waals surface area contributed by atoms with E-state index < -0.39 is 0 Å². The van der Waals surface area contributed by atoms with Crippen molar-refractivity contribution >= 4 is 0 Å². The van der Waals surface area contributed by atoms with Crippen LogP contribution in [0.2, 0.25) is 0 Å². The molecule has 2 atom stereocenters. The lowest BCUT2D eigenvalue weighted by atomic mass is 9.87. The lowest BCUT2D eigenvalue weighted by molar-refractivity contribution is 0.169. The monoisotopic (exact) mass is 238 g/mol. The highest BCUT2D eigenvalue weighted by atomic mass is 15.1. The normalized spacial score (nSPS) is 31.6. The van der Waals surface area contributed by atoms with E-state index in [-0.39, 0.29) is 0 Å². The van der Waals surface area contributed by atoms with Gasteiger partial charge in [0.05, 0.1) is 0 Å². The van der Waals surface area contributed by atoms with Crippen LogP contribution >= 0.6 is 0 Å². The fraction of sp³-hybridized carbons (Fsp3) is 1.00. The van der Waals surface area contributed by atoms with Crippen LogP contribution in [0.15, 0.2) is 0 Å². The Morgan fingerprint density at radius 3 is 2.65 bits per heavy atom. The van der Waals surface area contributed by atoms with E-state index in [9.17, 15) is 0 Å². The third-order valence-corrected chi connectivity index (χ3v) is 5.03. The largest absolute Gasteiger partial charge is 0.313 e. The summed E-state index contributed by atoms with van der Waals surface area (Å²) in [6.07, 6.45) is 8.53. The third kappa shape index (κ3) is 3.69. The lowest BCUT2D eigenvalue weighted by Gasteiger charge is -2.35. The Morgan fingerprint density at radius 2 is 2.00 bits per heavy atom. The SMILES string of the molecule is CC(NCC1(C)CCCC1)C1CCCN(C)C1. The van der Waals surface area contributed by atoms with Crippen molar-refractivity contribution in [3.63, 3.8) is 0 Å². The van der Waals surface area contributed by atoms with Crippen molar-refractivity contribution in [1.29, 1.82) is 0 Å². The van der Waals surface area contributed by atoms with Crippen LogP contribution in [0.5, 0.6) is 0 Å². The fourth-order valence-corrected chi connectivity index (χ4v) is 3.59. The summed E-state index contributed by atoms with van der Waals surface area (Å²) in [5, 5.41) is 3.83. The van der Waals surface area contributed by atoms with Crippen molar-refractivity contribution in [3.05, 3.63) is 0 Å². The van der Waals surface area contributed by atoms with Gasteiger partial charge in [0.15, 0.2) is 0 Å². The molecule has 0 aromatic rings. The molecule has 1 aliphatic heterocycles. The Morgan fingerprint density at radius 1 is 1.29 bits per heavy atom. The Balaban J connectivity index is 1.74. The molecule has 17 heavy (non-hydrogen) atoms. The molecule has 100 valence electrons. The number of hydrogen-bond donors (Lipinski definition) is 1. The maximum atomic E-state index is 3.83. The standard InChI is InChI=1S/C15H30N2/c1-13(14-7-6-10-17(3)11-14)16-12-15(2)8-4-5-9-15/h13-14,16H,4-12H2,1-3H3. The molecule has 1 heterocycles. The first-order valence-corrected chi connectivity index (χ1v) is 7.51. The molecule has 0 bridgehead atoms. The summed E-state index contributed by atoms with van der Waals surface area (Å²) < 4.78 is 0. The molecule has 2 aliphatic rings. The van der Waals surface area contributed by atoms with Gasteiger partial charge in [-0.15, -0.1) is 0 Å². The minimum atomic E-state index is 0.592. The molecule has 1 N–H and O–H groups in total. The number of piperidine rings is 1. The van der Waals surface area contributed by atoms with Crippen molar-refractivity contribution in [3.8, 4) is 0 Å². The average molecular weight is 238 g/mol. The second-order valence-electron chi connectivity index (χ2n) is 6.85. The molecular weight excluding hydrogens is 208 g/mol. The van der Waals surface area contributed by atoms with Gasteiger partial charge < -0.3 is 10.2 Å². The van der Waals surface area contributed by atoms with Gasteiger partial charge in [0.1, 0.15) is 0 Å². The van der Waals surface area contributed by atoms with Gasteiger partial charge in [-0.2, -0.15) is 0 Å². The summed E-state index contributed by atoms with van der Waals surface area (Å²) in [5.41, 5.74) is 0.592. The van der Waals surface area contributed by atoms with E-state index in [1.807, 2.05) is 0 Å². The van der Waals surface area contributed by atoms with Crippen LogP contribution in [0.4, 0.5) is 0 Å². The molecule has 0 aromatic heterocycles. The first-order chi connectivity index (χ1) is 8.09. The highest BCUT2D eigenvalue weighted by Gasteiger charge is 2.30. The minimum absolute atomic E-state index is 0.592. The highest BCUT2D eigenvalue weighted by molar-refractivity contribution is 4.85. The number of likely N-dealkylation sites (tertiary alicyclic amines) is 1. The van der Waals surface area contributed by atoms with Gasteiger partial charge in [0.25, 0.3) is 0 Å². The summed E-state index contributed by atoms with van der Waals surface area (Å²) in [4.78, 5) is 2.49. The van der Waals surface area contributed by atoms with Crippen molar-refractivity contribution < 1.29 is 0 Å².